The van der Waals surface area contributed by atoms with Crippen molar-refractivity contribution in [1.82, 2.24) is 9.62 Å². The van der Waals surface area contributed by atoms with E-state index in [1.165, 1.54) is 30.1 Å². The molecule has 0 spiro atoms. The van der Waals surface area contributed by atoms with Gasteiger partial charge in [0.05, 0.1) is 4.90 Å². The van der Waals surface area contributed by atoms with E-state index in [2.05, 4.69) is 4.72 Å². The summed E-state index contributed by atoms with van der Waals surface area (Å²) < 4.78 is 39.2. The topological polar surface area (TPSA) is 66.5 Å². The van der Waals surface area contributed by atoms with Crippen LogP contribution < -0.4 is 4.72 Å². The first-order valence-electron chi connectivity index (χ1n) is 7.83. The highest BCUT2D eigenvalue weighted by atomic mass is 32.2. The summed E-state index contributed by atoms with van der Waals surface area (Å²) in [4.78, 5) is 13.9. The molecule has 0 fully saturated rings. The number of carbonyl (C=O) groups is 1. The van der Waals surface area contributed by atoms with E-state index in [0.29, 0.717) is 12.0 Å². The average molecular weight is 364 g/mol. The molecule has 1 amide bonds. The first-order chi connectivity index (χ1) is 11.8. The van der Waals surface area contributed by atoms with E-state index in [-0.39, 0.29) is 29.6 Å². The molecule has 0 atom stereocenters. The van der Waals surface area contributed by atoms with Gasteiger partial charge in [0.25, 0.3) is 0 Å². The van der Waals surface area contributed by atoms with Gasteiger partial charge in [-0.3, -0.25) is 4.79 Å². The maximum atomic E-state index is 13.6. The predicted octanol–water partition coefficient (Wildman–Crippen LogP) is 2.32. The first kappa shape index (κ1) is 19.1. The minimum absolute atomic E-state index is 0.102. The number of aryl methyl sites for hydroxylation is 1. The molecule has 5 nitrogen and oxygen atoms in total. The van der Waals surface area contributed by atoms with Crippen LogP contribution in [0.5, 0.6) is 0 Å². The quantitative estimate of drug-likeness (QED) is 0.820. The number of hydrogen-bond donors (Lipinski definition) is 1. The van der Waals surface area contributed by atoms with Gasteiger partial charge in [-0.1, -0.05) is 30.3 Å². The molecule has 0 aliphatic carbocycles. The number of benzene rings is 2. The van der Waals surface area contributed by atoms with Crippen molar-refractivity contribution in [2.45, 2.75) is 24.3 Å². The highest BCUT2D eigenvalue weighted by Crippen LogP contribution is 2.13. The Hall–Kier alpha value is -2.25. The second-order valence-corrected chi connectivity index (χ2v) is 7.58. The summed E-state index contributed by atoms with van der Waals surface area (Å²) in [6.07, 6.45) is 0.753. The molecule has 7 heteroatoms. The van der Waals surface area contributed by atoms with Gasteiger partial charge in [0.2, 0.25) is 15.9 Å². The summed E-state index contributed by atoms with van der Waals surface area (Å²) in [6, 6.07) is 12.8. The van der Waals surface area contributed by atoms with Crippen LogP contribution in [-0.2, 0) is 27.8 Å². The Morgan fingerprint density at radius 3 is 2.36 bits per heavy atom. The van der Waals surface area contributed by atoms with Crippen molar-refractivity contribution in [1.29, 1.82) is 0 Å². The molecule has 0 saturated carbocycles. The van der Waals surface area contributed by atoms with Crippen molar-refractivity contribution in [3.8, 4) is 0 Å². The zero-order valence-electron chi connectivity index (χ0n) is 14.2. The van der Waals surface area contributed by atoms with Crippen LogP contribution in [0.2, 0.25) is 0 Å². The molecule has 0 radical (unpaired) electrons. The van der Waals surface area contributed by atoms with Gasteiger partial charge < -0.3 is 4.90 Å². The van der Waals surface area contributed by atoms with Gasteiger partial charge in [0.15, 0.2) is 0 Å². The molecule has 0 aliphatic rings. The van der Waals surface area contributed by atoms with E-state index >= 15 is 0 Å². The van der Waals surface area contributed by atoms with Crippen molar-refractivity contribution in [3.63, 3.8) is 0 Å². The minimum Gasteiger partial charge on any atom is -0.341 e. The molecule has 2 aromatic rings. The van der Waals surface area contributed by atoms with Crippen molar-refractivity contribution in [3.05, 3.63) is 65.5 Å². The van der Waals surface area contributed by atoms with Crippen LogP contribution >= 0.6 is 0 Å². The molecule has 134 valence electrons. The normalized spacial score (nSPS) is 11.3. The Bertz CT molecular complexity index is 836. The van der Waals surface area contributed by atoms with Crippen LogP contribution in [0.15, 0.2) is 53.4 Å². The lowest BCUT2D eigenvalue weighted by Crippen LogP contribution is -2.26. The van der Waals surface area contributed by atoms with E-state index in [4.69, 9.17) is 0 Å². The molecule has 0 aromatic heterocycles. The highest BCUT2D eigenvalue weighted by molar-refractivity contribution is 7.89. The maximum Gasteiger partial charge on any atom is 0.240 e. The second-order valence-electron chi connectivity index (χ2n) is 5.69. The Morgan fingerprint density at radius 1 is 1.12 bits per heavy atom. The first-order valence-corrected chi connectivity index (χ1v) is 9.31. The third kappa shape index (κ3) is 5.11. The molecule has 1 N–H and O–H groups in total. The molecular weight excluding hydrogens is 343 g/mol. The molecule has 0 bridgehead atoms. The molecule has 0 heterocycles. The van der Waals surface area contributed by atoms with E-state index in [9.17, 15) is 17.6 Å². The van der Waals surface area contributed by atoms with Crippen molar-refractivity contribution in [2.24, 2.45) is 0 Å². The molecule has 2 rings (SSSR count). The van der Waals surface area contributed by atoms with Crippen LogP contribution in [0, 0.1) is 5.82 Å². The number of nitrogens with zero attached hydrogens (tertiary/aromatic N) is 1. The second kappa shape index (κ2) is 8.22. The minimum atomic E-state index is -3.46. The zero-order chi connectivity index (χ0) is 18.4. The van der Waals surface area contributed by atoms with Crippen molar-refractivity contribution in [2.75, 3.05) is 14.1 Å². The molecule has 0 saturated heterocycles. The lowest BCUT2D eigenvalue weighted by atomic mass is 10.1. The Kier molecular flexibility index (Phi) is 6.27. The molecule has 0 aliphatic heterocycles. The van der Waals surface area contributed by atoms with E-state index in [1.807, 2.05) is 0 Å². The van der Waals surface area contributed by atoms with Crippen molar-refractivity contribution < 1.29 is 17.6 Å². The average Bonchev–Trinajstić information content (AvgIpc) is 2.61. The number of sulfonamides is 1. The smallest absolute Gasteiger partial charge is 0.240 e. The largest absolute Gasteiger partial charge is 0.341 e. The summed E-state index contributed by atoms with van der Waals surface area (Å²) in [7, 11) is -0.468. The van der Waals surface area contributed by atoms with Crippen molar-refractivity contribution >= 4 is 15.9 Å². The molecule has 0 unspecified atom stereocenters. The Balaban J connectivity index is 1.92. The fraction of sp³-hybridized carbons (Fsp3) is 0.278. The third-order valence-corrected chi connectivity index (χ3v) is 5.35. The number of halogens is 1. The van der Waals surface area contributed by atoms with Crippen LogP contribution in [0.25, 0.3) is 0 Å². The third-order valence-electron chi connectivity index (χ3n) is 3.92. The Labute approximate surface area is 147 Å². The van der Waals surface area contributed by atoms with Gasteiger partial charge in [-0.05, 0) is 37.2 Å². The van der Waals surface area contributed by atoms with Crippen LogP contribution in [0.3, 0.4) is 0 Å². The van der Waals surface area contributed by atoms with Gasteiger partial charge in [-0.2, -0.15) is 0 Å². The fourth-order valence-electron chi connectivity index (χ4n) is 2.37. The van der Waals surface area contributed by atoms with Gasteiger partial charge >= 0.3 is 0 Å². The monoisotopic (exact) mass is 364 g/mol. The SMILES string of the molecule is CNS(=O)(=O)c1ccc(CCC(=O)N(C)Cc2ccccc2F)cc1. The predicted molar refractivity (Wildman–Crippen MR) is 93.9 cm³/mol. The lowest BCUT2D eigenvalue weighted by Gasteiger charge is -2.17. The van der Waals surface area contributed by atoms with E-state index < -0.39 is 10.0 Å². The van der Waals surface area contributed by atoms with E-state index in [1.54, 1.807) is 37.4 Å². The fourth-order valence-corrected chi connectivity index (χ4v) is 3.10. The number of carbonyl (C=O) groups excluding carboxylic acids is 1. The van der Waals surface area contributed by atoms with Crippen LogP contribution in [0.4, 0.5) is 4.39 Å². The van der Waals surface area contributed by atoms with Gasteiger partial charge in [0.1, 0.15) is 5.82 Å². The maximum absolute atomic E-state index is 13.6. The standard InChI is InChI=1S/C18H21FN2O3S/c1-20-25(23,24)16-10-7-14(8-11-16)9-12-18(22)21(2)13-15-5-3-4-6-17(15)19/h3-8,10-11,20H,9,12-13H2,1-2H3. The highest BCUT2D eigenvalue weighted by Gasteiger charge is 2.13. The van der Waals surface area contributed by atoms with Crippen LogP contribution in [0.1, 0.15) is 17.5 Å². The van der Waals surface area contributed by atoms with Gasteiger partial charge in [-0.15, -0.1) is 0 Å². The lowest BCUT2D eigenvalue weighted by molar-refractivity contribution is -0.130. The molecule has 25 heavy (non-hydrogen) atoms. The molecular formula is C18H21FN2O3S. The molecule has 2 aromatic carbocycles. The van der Waals surface area contributed by atoms with Gasteiger partial charge in [0, 0.05) is 25.6 Å². The summed E-state index contributed by atoms with van der Waals surface area (Å²) >= 11 is 0. The summed E-state index contributed by atoms with van der Waals surface area (Å²) in [5.74, 6) is -0.432. The number of nitrogens with one attached hydrogen (secondary N) is 1. The summed E-state index contributed by atoms with van der Waals surface area (Å²) in [5, 5.41) is 0. The summed E-state index contributed by atoms with van der Waals surface area (Å²) in [5.41, 5.74) is 1.34. The van der Waals surface area contributed by atoms with Crippen LogP contribution in [-0.4, -0.2) is 33.3 Å². The number of amides is 1. The number of rotatable bonds is 7. The van der Waals surface area contributed by atoms with E-state index in [0.717, 1.165) is 5.56 Å². The van der Waals surface area contributed by atoms with Gasteiger partial charge in [-0.25, -0.2) is 17.5 Å². The summed E-state index contributed by atoms with van der Waals surface area (Å²) in [6.45, 7) is 0.213. The Morgan fingerprint density at radius 2 is 1.76 bits per heavy atom. The zero-order valence-corrected chi connectivity index (χ0v) is 15.0. The number of hydrogen-bond acceptors (Lipinski definition) is 3.